The lowest BCUT2D eigenvalue weighted by Gasteiger charge is -2.48. The number of imidazole rings is 1. The molecule has 1 aromatic rings. The van der Waals surface area contributed by atoms with E-state index in [1.165, 1.54) is 19.3 Å². The maximum Gasteiger partial charge on any atom is 0.0946 e. The number of piperidine rings is 1. The van der Waals surface area contributed by atoms with E-state index in [-0.39, 0.29) is 5.60 Å². The van der Waals surface area contributed by atoms with Gasteiger partial charge in [-0.15, -0.1) is 0 Å². The molecule has 3 aliphatic rings. The minimum atomic E-state index is 0.0805. The van der Waals surface area contributed by atoms with Gasteiger partial charge >= 0.3 is 0 Å². The molecule has 1 unspecified atom stereocenters. The average Bonchev–Trinajstić information content (AvgIpc) is 3.17. The third kappa shape index (κ3) is 4.61. The molecule has 0 saturated carbocycles. The van der Waals surface area contributed by atoms with Crippen LogP contribution in [0.15, 0.2) is 18.7 Å². The second kappa shape index (κ2) is 8.16. The van der Waals surface area contributed by atoms with Gasteiger partial charge in [-0.3, -0.25) is 4.90 Å². The molecule has 1 atom stereocenters. The molecule has 3 fully saturated rings. The van der Waals surface area contributed by atoms with Crippen molar-refractivity contribution in [1.82, 2.24) is 19.4 Å². The van der Waals surface area contributed by atoms with E-state index in [1.54, 1.807) is 0 Å². The molecular weight excluding hydrogens is 316 g/mol. The highest BCUT2D eigenvalue weighted by atomic mass is 16.5. The summed E-state index contributed by atoms with van der Waals surface area (Å²) in [5.41, 5.74) is 0.0805. The first kappa shape index (κ1) is 17.5. The molecule has 3 aliphatic heterocycles. The van der Waals surface area contributed by atoms with E-state index in [4.69, 9.17) is 9.47 Å². The van der Waals surface area contributed by atoms with Crippen LogP contribution < -0.4 is 0 Å². The standard InChI is InChI=1S/C19H32N4O2/c1-2-13-24-18(3-1)15-21-7-4-19(5-8-21)16-22(12-14-25-19)10-11-23-9-6-20-17-23/h6,9,17-18H,1-5,7-8,10-16H2. The van der Waals surface area contributed by atoms with Crippen LogP contribution in [0.2, 0.25) is 0 Å². The number of ether oxygens (including phenoxy) is 2. The third-order valence-electron chi connectivity index (χ3n) is 6.06. The van der Waals surface area contributed by atoms with Crippen LogP contribution in [0.1, 0.15) is 32.1 Å². The molecule has 1 spiro atoms. The molecule has 0 bridgehead atoms. The molecule has 6 heteroatoms. The van der Waals surface area contributed by atoms with Crippen molar-refractivity contribution in [1.29, 1.82) is 0 Å². The highest BCUT2D eigenvalue weighted by Gasteiger charge is 2.39. The zero-order valence-electron chi connectivity index (χ0n) is 15.3. The Hall–Kier alpha value is -0.950. The van der Waals surface area contributed by atoms with Gasteiger partial charge in [-0.05, 0) is 32.1 Å². The summed E-state index contributed by atoms with van der Waals surface area (Å²) in [5.74, 6) is 0. The molecule has 1 aromatic heterocycles. The Labute approximate surface area is 151 Å². The van der Waals surface area contributed by atoms with Crippen LogP contribution >= 0.6 is 0 Å². The molecule has 3 saturated heterocycles. The molecule has 6 nitrogen and oxygen atoms in total. The predicted octanol–water partition coefficient (Wildman–Crippen LogP) is 1.62. The quantitative estimate of drug-likeness (QED) is 0.809. The van der Waals surface area contributed by atoms with Gasteiger partial charge in [-0.1, -0.05) is 0 Å². The molecule has 4 heterocycles. The van der Waals surface area contributed by atoms with Crippen molar-refractivity contribution in [2.24, 2.45) is 0 Å². The maximum absolute atomic E-state index is 6.29. The first-order valence-electron chi connectivity index (χ1n) is 9.97. The number of morpholine rings is 1. The summed E-state index contributed by atoms with van der Waals surface area (Å²) in [6.07, 6.45) is 12.4. The summed E-state index contributed by atoms with van der Waals surface area (Å²) < 4.78 is 14.4. The minimum absolute atomic E-state index is 0.0805. The second-order valence-corrected chi connectivity index (χ2v) is 7.90. The Morgan fingerprint density at radius 2 is 1.96 bits per heavy atom. The fraction of sp³-hybridized carbons (Fsp3) is 0.842. The molecule has 0 N–H and O–H groups in total. The Bertz CT molecular complexity index is 508. The zero-order chi connectivity index (χ0) is 17.0. The fourth-order valence-corrected chi connectivity index (χ4v) is 4.48. The number of hydrogen-bond acceptors (Lipinski definition) is 5. The van der Waals surface area contributed by atoms with Crippen molar-refractivity contribution in [2.75, 3.05) is 52.5 Å². The average molecular weight is 348 g/mol. The van der Waals surface area contributed by atoms with E-state index >= 15 is 0 Å². The van der Waals surface area contributed by atoms with Gasteiger partial charge in [0.1, 0.15) is 0 Å². The van der Waals surface area contributed by atoms with E-state index in [1.807, 2.05) is 18.7 Å². The Balaban J connectivity index is 1.23. The smallest absolute Gasteiger partial charge is 0.0946 e. The van der Waals surface area contributed by atoms with Crippen molar-refractivity contribution in [3.05, 3.63) is 18.7 Å². The fourth-order valence-electron chi connectivity index (χ4n) is 4.48. The van der Waals surface area contributed by atoms with Crippen molar-refractivity contribution in [2.45, 2.75) is 50.4 Å². The zero-order valence-corrected chi connectivity index (χ0v) is 15.3. The predicted molar refractivity (Wildman–Crippen MR) is 96.6 cm³/mol. The van der Waals surface area contributed by atoms with Crippen LogP contribution in [0.25, 0.3) is 0 Å². The lowest BCUT2D eigenvalue weighted by atomic mass is 9.89. The van der Waals surface area contributed by atoms with Gasteiger partial charge in [-0.25, -0.2) is 4.98 Å². The van der Waals surface area contributed by atoms with Gasteiger partial charge in [-0.2, -0.15) is 0 Å². The number of rotatable bonds is 5. The molecule has 0 radical (unpaired) electrons. The van der Waals surface area contributed by atoms with Crippen molar-refractivity contribution >= 4 is 0 Å². The summed E-state index contributed by atoms with van der Waals surface area (Å²) in [7, 11) is 0. The lowest BCUT2D eigenvalue weighted by molar-refractivity contribution is -0.139. The highest BCUT2D eigenvalue weighted by molar-refractivity contribution is 4.93. The molecule has 0 aliphatic carbocycles. The Morgan fingerprint density at radius 1 is 1.04 bits per heavy atom. The molecule has 25 heavy (non-hydrogen) atoms. The van der Waals surface area contributed by atoms with E-state index in [0.717, 1.165) is 71.9 Å². The van der Waals surface area contributed by atoms with E-state index < -0.39 is 0 Å². The normalized spacial score (nSPS) is 28.4. The van der Waals surface area contributed by atoms with Gasteiger partial charge in [0.15, 0.2) is 0 Å². The molecule has 4 rings (SSSR count). The maximum atomic E-state index is 6.29. The number of likely N-dealkylation sites (tertiary alicyclic amines) is 1. The summed E-state index contributed by atoms with van der Waals surface area (Å²) in [5, 5.41) is 0. The summed E-state index contributed by atoms with van der Waals surface area (Å²) in [4.78, 5) is 9.29. The lowest BCUT2D eigenvalue weighted by Crippen LogP contribution is -2.57. The van der Waals surface area contributed by atoms with E-state index in [2.05, 4.69) is 19.4 Å². The van der Waals surface area contributed by atoms with Crippen molar-refractivity contribution in [3.63, 3.8) is 0 Å². The number of hydrogen-bond donors (Lipinski definition) is 0. The van der Waals surface area contributed by atoms with E-state index in [0.29, 0.717) is 6.10 Å². The Kier molecular flexibility index (Phi) is 5.70. The SMILES string of the molecule is c1cn(CCN2CCOC3(CCN(CC4CCCCO4)CC3)C2)cn1. The number of nitrogens with zero attached hydrogens (tertiary/aromatic N) is 4. The Morgan fingerprint density at radius 3 is 2.72 bits per heavy atom. The van der Waals surface area contributed by atoms with Crippen molar-refractivity contribution in [3.8, 4) is 0 Å². The summed E-state index contributed by atoms with van der Waals surface area (Å²) in [6.45, 7) is 9.46. The van der Waals surface area contributed by atoms with Crippen LogP contribution in [-0.2, 0) is 16.0 Å². The van der Waals surface area contributed by atoms with Gasteiger partial charge < -0.3 is 18.9 Å². The van der Waals surface area contributed by atoms with Crippen molar-refractivity contribution < 1.29 is 9.47 Å². The monoisotopic (exact) mass is 348 g/mol. The first-order valence-corrected chi connectivity index (χ1v) is 9.97. The summed E-state index contributed by atoms with van der Waals surface area (Å²) in [6, 6.07) is 0. The third-order valence-corrected chi connectivity index (χ3v) is 6.06. The first-order chi connectivity index (χ1) is 12.3. The van der Waals surface area contributed by atoms with Crippen LogP contribution in [0, 0.1) is 0 Å². The van der Waals surface area contributed by atoms with Crippen LogP contribution in [0.4, 0.5) is 0 Å². The van der Waals surface area contributed by atoms with Gasteiger partial charge in [0.25, 0.3) is 0 Å². The molecule has 0 aromatic carbocycles. The highest BCUT2D eigenvalue weighted by Crippen LogP contribution is 2.30. The second-order valence-electron chi connectivity index (χ2n) is 7.90. The largest absolute Gasteiger partial charge is 0.377 e. The van der Waals surface area contributed by atoms with Crippen LogP contribution in [0.5, 0.6) is 0 Å². The molecular formula is C19H32N4O2. The number of aromatic nitrogens is 2. The van der Waals surface area contributed by atoms with Crippen LogP contribution in [0.3, 0.4) is 0 Å². The van der Waals surface area contributed by atoms with E-state index in [9.17, 15) is 0 Å². The molecule has 140 valence electrons. The van der Waals surface area contributed by atoms with Gasteiger partial charge in [0.2, 0.25) is 0 Å². The summed E-state index contributed by atoms with van der Waals surface area (Å²) >= 11 is 0. The van der Waals surface area contributed by atoms with Gasteiger partial charge in [0.05, 0.1) is 24.6 Å². The topological polar surface area (TPSA) is 42.8 Å². The minimum Gasteiger partial charge on any atom is -0.377 e. The molecule has 0 amide bonds. The van der Waals surface area contributed by atoms with Crippen LogP contribution in [-0.4, -0.2) is 83.5 Å². The van der Waals surface area contributed by atoms with Gasteiger partial charge in [0, 0.05) is 64.8 Å².